The van der Waals surface area contributed by atoms with Crippen LogP contribution in [0.3, 0.4) is 0 Å². The van der Waals surface area contributed by atoms with Crippen LogP contribution in [-0.4, -0.2) is 18.4 Å². The molecule has 0 amide bonds. The first-order valence-corrected chi connectivity index (χ1v) is 7.33. The van der Waals surface area contributed by atoms with Gasteiger partial charge in [0.05, 0.1) is 5.69 Å². The fourth-order valence-corrected chi connectivity index (χ4v) is 2.75. The summed E-state index contributed by atoms with van der Waals surface area (Å²) in [6, 6.07) is 4.90. The van der Waals surface area contributed by atoms with Gasteiger partial charge in [-0.2, -0.15) is 0 Å². The maximum absolute atomic E-state index is 12.2. The molecule has 2 heterocycles. The first-order valence-electron chi connectivity index (χ1n) is 5.85. The SMILES string of the molecule is Cc1cnccc1CNS(=O)(=O)c1ncccc1NN. The summed E-state index contributed by atoms with van der Waals surface area (Å²) >= 11 is 0. The minimum atomic E-state index is -3.74. The Hall–Kier alpha value is -2.03. The summed E-state index contributed by atoms with van der Waals surface area (Å²) in [6.45, 7) is 2.03. The van der Waals surface area contributed by atoms with E-state index in [2.05, 4.69) is 20.1 Å². The van der Waals surface area contributed by atoms with Crippen molar-refractivity contribution in [3.8, 4) is 0 Å². The highest BCUT2D eigenvalue weighted by Crippen LogP contribution is 2.17. The molecular formula is C12H15N5O2S. The fourth-order valence-electron chi connectivity index (χ4n) is 1.66. The first-order chi connectivity index (χ1) is 9.54. The van der Waals surface area contributed by atoms with Crippen molar-refractivity contribution in [1.82, 2.24) is 14.7 Å². The molecule has 8 heteroatoms. The Morgan fingerprint density at radius 3 is 2.80 bits per heavy atom. The second kappa shape index (κ2) is 5.95. The predicted molar refractivity (Wildman–Crippen MR) is 75.0 cm³/mol. The Labute approximate surface area is 117 Å². The van der Waals surface area contributed by atoms with Crippen molar-refractivity contribution >= 4 is 15.7 Å². The van der Waals surface area contributed by atoms with Crippen molar-refractivity contribution in [2.75, 3.05) is 5.43 Å². The topological polar surface area (TPSA) is 110 Å². The summed E-state index contributed by atoms with van der Waals surface area (Å²) in [5.41, 5.74) is 4.32. The van der Waals surface area contributed by atoms with Crippen molar-refractivity contribution in [1.29, 1.82) is 0 Å². The summed E-state index contributed by atoms with van der Waals surface area (Å²) < 4.78 is 26.9. The fraction of sp³-hybridized carbons (Fsp3) is 0.167. The number of pyridine rings is 2. The molecule has 4 N–H and O–H groups in total. The van der Waals surface area contributed by atoms with Gasteiger partial charge in [0.2, 0.25) is 0 Å². The number of nitrogens with one attached hydrogen (secondary N) is 2. The molecule has 0 spiro atoms. The number of nitrogen functional groups attached to an aromatic ring is 1. The molecule has 0 saturated heterocycles. The van der Waals surface area contributed by atoms with Crippen molar-refractivity contribution < 1.29 is 8.42 Å². The van der Waals surface area contributed by atoms with Crippen molar-refractivity contribution in [2.45, 2.75) is 18.5 Å². The molecule has 0 radical (unpaired) electrons. The summed E-state index contributed by atoms with van der Waals surface area (Å²) in [6.07, 6.45) is 4.69. The molecule has 0 bridgehead atoms. The maximum Gasteiger partial charge on any atom is 0.260 e. The van der Waals surface area contributed by atoms with Crippen LogP contribution < -0.4 is 16.0 Å². The monoisotopic (exact) mass is 293 g/mol. The third-order valence-electron chi connectivity index (χ3n) is 2.77. The average Bonchev–Trinajstić information content (AvgIpc) is 2.46. The van der Waals surface area contributed by atoms with Gasteiger partial charge in [0.15, 0.2) is 5.03 Å². The second-order valence-electron chi connectivity index (χ2n) is 4.13. The molecule has 0 aromatic carbocycles. The zero-order chi connectivity index (χ0) is 14.6. The van der Waals surface area contributed by atoms with Gasteiger partial charge < -0.3 is 5.43 Å². The number of nitrogens with zero attached hydrogens (tertiary/aromatic N) is 2. The smallest absolute Gasteiger partial charge is 0.260 e. The lowest BCUT2D eigenvalue weighted by Gasteiger charge is -2.10. The van der Waals surface area contributed by atoms with Gasteiger partial charge in [0.1, 0.15) is 0 Å². The Morgan fingerprint density at radius 2 is 2.10 bits per heavy atom. The number of hydrogen-bond donors (Lipinski definition) is 3. The summed E-state index contributed by atoms with van der Waals surface area (Å²) in [4.78, 5) is 7.81. The van der Waals surface area contributed by atoms with Crippen LogP contribution >= 0.6 is 0 Å². The molecule has 0 aliphatic rings. The number of sulfonamides is 1. The van der Waals surface area contributed by atoms with Crippen LogP contribution in [-0.2, 0) is 16.6 Å². The van der Waals surface area contributed by atoms with E-state index in [1.54, 1.807) is 30.6 Å². The van der Waals surface area contributed by atoms with E-state index in [0.717, 1.165) is 11.1 Å². The van der Waals surface area contributed by atoms with Gasteiger partial charge in [-0.3, -0.25) is 10.8 Å². The van der Waals surface area contributed by atoms with E-state index in [9.17, 15) is 8.42 Å². The van der Waals surface area contributed by atoms with Crippen LogP contribution in [0.4, 0.5) is 5.69 Å². The predicted octanol–water partition coefficient (Wildman–Crippen LogP) is 0.549. The summed E-state index contributed by atoms with van der Waals surface area (Å²) in [5, 5.41) is -0.130. The molecule has 2 rings (SSSR count). The van der Waals surface area contributed by atoms with Gasteiger partial charge in [-0.25, -0.2) is 18.1 Å². The molecule has 2 aromatic heterocycles. The van der Waals surface area contributed by atoms with Crippen LogP contribution in [0.1, 0.15) is 11.1 Å². The van der Waals surface area contributed by atoms with Crippen LogP contribution in [0.25, 0.3) is 0 Å². The number of hydrogen-bond acceptors (Lipinski definition) is 6. The van der Waals surface area contributed by atoms with Gasteiger partial charge in [-0.05, 0) is 36.2 Å². The molecule has 0 fully saturated rings. The second-order valence-corrected chi connectivity index (χ2v) is 5.81. The van der Waals surface area contributed by atoms with E-state index in [1.807, 2.05) is 6.92 Å². The van der Waals surface area contributed by atoms with E-state index >= 15 is 0 Å². The molecule has 0 aliphatic carbocycles. The molecular weight excluding hydrogens is 278 g/mol. The minimum absolute atomic E-state index is 0.130. The molecule has 0 saturated carbocycles. The molecule has 0 aliphatic heterocycles. The Morgan fingerprint density at radius 1 is 1.30 bits per heavy atom. The molecule has 20 heavy (non-hydrogen) atoms. The molecule has 0 unspecified atom stereocenters. The number of hydrazine groups is 1. The number of aryl methyl sites for hydroxylation is 1. The molecule has 0 atom stereocenters. The Balaban J connectivity index is 2.22. The quantitative estimate of drug-likeness (QED) is 0.548. The lowest BCUT2D eigenvalue weighted by molar-refractivity contribution is 0.577. The van der Waals surface area contributed by atoms with Crippen LogP contribution in [0, 0.1) is 6.92 Å². The van der Waals surface area contributed by atoms with Gasteiger partial charge in [0.25, 0.3) is 10.0 Å². The van der Waals surface area contributed by atoms with Gasteiger partial charge in [-0.15, -0.1) is 0 Å². The lowest BCUT2D eigenvalue weighted by atomic mass is 10.2. The summed E-state index contributed by atoms with van der Waals surface area (Å²) in [7, 11) is -3.74. The first kappa shape index (κ1) is 14.4. The molecule has 2 aromatic rings. The normalized spacial score (nSPS) is 11.3. The highest BCUT2D eigenvalue weighted by atomic mass is 32.2. The van der Waals surface area contributed by atoms with E-state index in [4.69, 9.17) is 5.84 Å². The average molecular weight is 293 g/mol. The zero-order valence-electron chi connectivity index (χ0n) is 10.9. The van der Waals surface area contributed by atoms with Crippen LogP contribution in [0.5, 0.6) is 0 Å². The van der Waals surface area contributed by atoms with E-state index in [-0.39, 0.29) is 17.3 Å². The van der Waals surface area contributed by atoms with Crippen LogP contribution in [0.2, 0.25) is 0 Å². The number of rotatable bonds is 5. The third-order valence-corrected chi connectivity index (χ3v) is 4.13. The number of aromatic nitrogens is 2. The number of nitrogens with two attached hydrogens (primary N) is 1. The molecule has 7 nitrogen and oxygen atoms in total. The molecule has 106 valence electrons. The number of anilines is 1. The van der Waals surface area contributed by atoms with Gasteiger partial charge >= 0.3 is 0 Å². The lowest BCUT2D eigenvalue weighted by Crippen LogP contribution is -2.26. The third kappa shape index (κ3) is 3.10. The highest BCUT2D eigenvalue weighted by Gasteiger charge is 2.19. The van der Waals surface area contributed by atoms with Crippen LogP contribution in [0.15, 0.2) is 41.8 Å². The highest BCUT2D eigenvalue weighted by molar-refractivity contribution is 7.89. The van der Waals surface area contributed by atoms with Crippen molar-refractivity contribution in [3.05, 3.63) is 47.9 Å². The van der Waals surface area contributed by atoms with Gasteiger partial charge in [0, 0.05) is 25.1 Å². The minimum Gasteiger partial charge on any atom is -0.321 e. The largest absolute Gasteiger partial charge is 0.321 e. The van der Waals surface area contributed by atoms with Gasteiger partial charge in [-0.1, -0.05) is 0 Å². The van der Waals surface area contributed by atoms with Crippen molar-refractivity contribution in [2.24, 2.45) is 5.84 Å². The Bertz CT molecular complexity index is 702. The van der Waals surface area contributed by atoms with E-state index in [1.165, 1.54) is 6.20 Å². The van der Waals surface area contributed by atoms with Crippen molar-refractivity contribution in [3.63, 3.8) is 0 Å². The Kier molecular flexibility index (Phi) is 4.28. The van der Waals surface area contributed by atoms with E-state index < -0.39 is 10.0 Å². The van der Waals surface area contributed by atoms with E-state index in [0.29, 0.717) is 0 Å². The zero-order valence-corrected chi connectivity index (χ0v) is 11.7. The maximum atomic E-state index is 12.2. The summed E-state index contributed by atoms with van der Waals surface area (Å²) in [5.74, 6) is 5.29. The standard InChI is InChI=1S/C12H15N5O2S/c1-9-7-14-6-4-10(9)8-16-20(18,19)12-11(17-13)3-2-5-15-12/h2-7,16-17H,8,13H2,1H3.